The summed E-state index contributed by atoms with van der Waals surface area (Å²) in [6.07, 6.45) is 4.65. The van der Waals surface area contributed by atoms with Crippen LogP contribution in [0.5, 0.6) is 0 Å². The number of amides is 1. The molecule has 3 unspecified atom stereocenters. The van der Waals surface area contributed by atoms with Gasteiger partial charge in [0.25, 0.3) is 5.91 Å². The molecule has 1 aromatic rings. The van der Waals surface area contributed by atoms with Crippen LogP contribution < -0.4 is 5.48 Å². The molecule has 1 amide bonds. The minimum atomic E-state index is -0.665. The van der Waals surface area contributed by atoms with Crippen LogP contribution in [0.4, 0.5) is 4.39 Å². The molecule has 0 radical (unpaired) electrons. The second-order valence-electron chi connectivity index (χ2n) is 7.48. The van der Waals surface area contributed by atoms with Crippen molar-refractivity contribution in [3.63, 3.8) is 0 Å². The van der Waals surface area contributed by atoms with E-state index in [1.54, 1.807) is 11.5 Å². The Labute approximate surface area is 155 Å². The molecular formula is C20H30FN3O2. The predicted octanol–water partition coefficient (Wildman–Crippen LogP) is 2.81. The number of fused-ring (bicyclic) bond motifs is 3. The molecule has 1 saturated heterocycles. The molecule has 1 aromatic carbocycles. The molecule has 1 aliphatic carbocycles. The topological polar surface area (TPSA) is 55.8 Å². The van der Waals surface area contributed by atoms with Crippen LogP contribution in [0.3, 0.4) is 0 Å². The molecule has 2 aliphatic heterocycles. The van der Waals surface area contributed by atoms with Crippen LogP contribution >= 0.6 is 0 Å². The van der Waals surface area contributed by atoms with Crippen LogP contribution in [0, 0.1) is 11.7 Å². The van der Waals surface area contributed by atoms with Gasteiger partial charge in [-0.3, -0.25) is 19.8 Å². The van der Waals surface area contributed by atoms with Crippen molar-refractivity contribution in [1.29, 1.82) is 0 Å². The molecule has 3 aliphatic rings. The fraction of sp³-hybridized carbons (Fsp3) is 0.650. The first kappa shape index (κ1) is 19.3. The normalized spacial score (nSPS) is 27.7. The number of hydrogen-bond donors (Lipinski definition) is 2. The number of halogens is 1. The quantitative estimate of drug-likeness (QED) is 0.640. The maximum absolute atomic E-state index is 14.3. The molecule has 3 atom stereocenters. The van der Waals surface area contributed by atoms with E-state index in [9.17, 15) is 9.18 Å². The fourth-order valence-electron chi connectivity index (χ4n) is 4.91. The number of carbonyl (C=O) groups is 1. The molecule has 2 N–H and O–H groups in total. The van der Waals surface area contributed by atoms with Crippen LogP contribution in [0.15, 0.2) is 12.1 Å². The first-order valence-electron chi connectivity index (χ1n) is 9.77. The largest absolute Gasteiger partial charge is 0.299 e. The van der Waals surface area contributed by atoms with Gasteiger partial charge in [-0.2, -0.15) is 0 Å². The van der Waals surface area contributed by atoms with E-state index in [-0.39, 0.29) is 11.4 Å². The highest BCUT2D eigenvalue weighted by molar-refractivity contribution is 5.93. The standard InChI is InChI=1S/C18H24FN3O2.C2H6/c1-21-14-3-2-11(7-14)17(21)10-22-5-4-15-13(9-22)6-12(8-16(15)19)18(23)20-24;1-2/h6,8,11,14,17,24H,2-5,7,9-10H2,1H3,(H,20,23);1-2H3. The minimum absolute atomic E-state index is 0.174. The van der Waals surface area contributed by atoms with Gasteiger partial charge in [0.1, 0.15) is 5.82 Å². The molecule has 1 saturated carbocycles. The van der Waals surface area contributed by atoms with Crippen LogP contribution in [0.1, 0.15) is 54.6 Å². The summed E-state index contributed by atoms with van der Waals surface area (Å²) in [6.45, 7) is 6.53. The highest BCUT2D eigenvalue weighted by Gasteiger charge is 2.44. The molecule has 0 spiro atoms. The van der Waals surface area contributed by atoms with Crippen LogP contribution in [0.2, 0.25) is 0 Å². The number of piperidine rings is 1. The van der Waals surface area contributed by atoms with Crippen molar-refractivity contribution in [2.75, 3.05) is 20.1 Å². The molecule has 26 heavy (non-hydrogen) atoms. The van der Waals surface area contributed by atoms with Gasteiger partial charge in [0, 0.05) is 37.3 Å². The smallest absolute Gasteiger partial charge is 0.274 e. The Bertz CT molecular complexity index is 665. The van der Waals surface area contributed by atoms with E-state index in [0.717, 1.165) is 30.6 Å². The van der Waals surface area contributed by atoms with Crippen molar-refractivity contribution >= 4 is 5.91 Å². The average Bonchev–Trinajstić information content (AvgIpc) is 3.25. The van der Waals surface area contributed by atoms with Crippen LogP contribution in [0.25, 0.3) is 0 Å². The summed E-state index contributed by atoms with van der Waals surface area (Å²) in [7, 11) is 2.23. The van der Waals surface area contributed by atoms with E-state index in [0.29, 0.717) is 24.6 Å². The molecule has 5 nitrogen and oxygen atoms in total. The van der Waals surface area contributed by atoms with Crippen LogP contribution in [-0.4, -0.2) is 53.1 Å². The van der Waals surface area contributed by atoms with Gasteiger partial charge in [-0.1, -0.05) is 13.8 Å². The van der Waals surface area contributed by atoms with E-state index in [4.69, 9.17) is 5.21 Å². The third kappa shape index (κ3) is 3.50. The monoisotopic (exact) mass is 363 g/mol. The lowest BCUT2D eigenvalue weighted by molar-refractivity contribution is 0.0705. The van der Waals surface area contributed by atoms with Crippen molar-refractivity contribution in [2.45, 2.75) is 58.2 Å². The van der Waals surface area contributed by atoms with Crippen molar-refractivity contribution in [3.8, 4) is 0 Å². The lowest BCUT2D eigenvalue weighted by Crippen LogP contribution is -2.46. The number of likely N-dealkylation sites (tertiary alicyclic amines) is 1. The van der Waals surface area contributed by atoms with Gasteiger partial charge >= 0.3 is 0 Å². The van der Waals surface area contributed by atoms with Gasteiger partial charge in [0.15, 0.2) is 0 Å². The Hall–Kier alpha value is -1.50. The Kier molecular flexibility index (Phi) is 5.95. The first-order chi connectivity index (χ1) is 12.6. The van der Waals surface area contributed by atoms with Crippen LogP contribution in [-0.2, 0) is 13.0 Å². The third-order valence-electron chi connectivity index (χ3n) is 6.26. The second-order valence-corrected chi connectivity index (χ2v) is 7.48. The SMILES string of the molecule is CC.CN1C2CCC(C2)C1CN1CCc2c(F)cc(C(=O)NO)cc2C1. The summed E-state index contributed by atoms with van der Waals surface area (Å²) in [6, 6.07) is 4.26. The first-order valence-corrected chi connectivity index (χ1v) is 9.77. The van der Waals surface area contributed by atoms with Crippen molar-refractivity contribution < 1.29 is 14.4 Å². The molecule has 0 aromatic heterocycles. The maximum atomic E-state index is 14.3. The predicted molar refractivity (Wildman–Crippen MR) is 98.7 cm³/mol. The Morgan fingerprint density at radius 2 is 2.12 bits per heavy atom. The van der Waals surface area contributed by atoms with Gasteiger partial charge in [-0.25, -0.2) is 9.87 Å². The molecule has 144 valence electrons. The molecular weight excluding hydrogens is 333 g/mol. The van der Waals surface area contributed by atoms with E-state index in [1.807, 2.05) is 13.8 Å². The lowest BCUT2D eigenvalue weighted by atomic mass is 9.94. The van der Waals surface area contributed by atoms with Crippen molar-refractivity contribution in [3.05, 3.63) is 34.6 Å². The number of benzene rings is 1. The Morgan fingerprint density at radius 1 is 1.35 bits per heavy atom. The summed E-state index contributed by atoms with van der Waals surface area (Å²) in [5.41, 5.74) is 3.33. The lowest BCUT2D eigenvalue weighted by Gasteiger charge is -2.38. The zero-order valence-electron chi connectivity index (χ0n) is 16.0. The fourth-order valence-corrected chi connectivity index (χ4v) is 4.91. The van der Waals surface area contributed by atoms with E-state index >= 15 is 0 Å². The van der Waals surface area contributed by atoms with E-state index in [1.165, 1.54) is 25.3 Å². The van der Waals surface area contributed by atoms with Crippen molar-refractivity contribution in [2.24, 2.45) is 5.92 Å². The number of nitrogens with zero attached hydrogens (tertiary/aromatic N) is 2. The number of rotatable bonds is 3. The molecule has 2 fully saturated rings. The summed E-state index contributed by atoms with van der Waals surface area (Å²) in [4.78, 5) is 16.5. The number of nitrogens with one attached hydrogen (secondary N) is 1. The number of likely N-dealkylation sites (N-methyl/N-ethyl adjacent to an activating group) is 1. The third-order valence-corrected chi connectivity index (χ3v) is 6.26. The molecule has 4 rings (SSSR count). The van der Waals surface area contributed by atoms with Gasteiger partial charge in [0.2, 0.25) is 0 Å². The van der Waals surface area contributed by atoms with Crippen molar-refractivity contribution in [1.82, 2.24) is 15.3 Å². The van der Waals surface area contributed by atoms with E-state index < -0.39 is 5.91 Å². The zero-order chi connectivity index (χ0) is 18.8. The van der Waals surface area contributed by atoms with Gasteiger partial charge in [-0.15, -0.1) is 0 Å². The zero-order valence-corrected chi connectivity index (χ0v) is 16.0. The minimum Gasteiger partial charge on any atom is -0.299 e. The molecule has 2 heterocycles. The van der Waals surface area contributed by atoms with E-state index in [2.05, 4.69) is 16.8 Å². The Morgan fingerprint density at radius 3 is 2.77 bits per heavy atom. The van der Waals surface area contributed by atoms with Gasteiger partial charge in [0.05, 0.1) is 0 Å². The summed E-state index contributed by atoms with van der Waals surface area (Å²) < 4.78 is 14.3. The maximum Gasteiger partial charge on any atom is 0.274 e. The summed E-state index contributed by atoms with van der Waals surface area (Å²) >= 11 is 0. The Balaban J connectivity index is 0.000000948. The van der Waals surface area contributed by atoms with Gasteiger partial charge in [-0.05, 0) is 61.9 Å². The summed E-state index contributed by atoms with van der Waals surface area (Å²) in [5.74, 6) is -0.214. The number of hydroxylamine groups is 1. The van der Waals surface area contributed by atoms with Gasteiger partial charge < -0.3 is 0 Å². The number of carbonyl (C=O) groups excluding carboxylic acids is 1. The highest BCUT2D eigenvalue weighted by atomic mass is 19.1. The molecule has 2 bridgehead atoms. The number of hydrogen-bond acceptors (Lipinski definition) is 4. The average molecular weight is 363 g/mol. The molecule has 6 heteroatoms. The highest BCUT2D eigenvalue weighted by Crippen LogP contribution is 2.41. The second kappa shape index (κ2) is 8.03. The summed E-state index contributed by atoms with van der Waals surface area (Å²) in [5, 5.41) is 8.78.